The SMILES string of the molecule is CN1CCN(c2nc(O)c(C(Cc3ccc(C4CC4)cc3C(F)(F)F)=c3ccc4c(c3)C=NN=4)s2)CC1. The van der Waals surface area contributed by atoms with Gasteiger partial charge in [0.25, 0.3) is 0 Å². The van der Waals surface area contributed by atoms with Gasteiger partial charge in [-0.05, 0) is 65.9 Å². The molecule has 6 nitrogen and oxygen atoms in total. The Bertz CT molecular complexity index is 1500. The Morgan fingerprint density at radius 2 is 1.86 bits per heavy atom. The van der Waals surface area contributed by atoms with E-state index in [4.69, 9.17) is 0 Å². The number of aromatic nitrogens is 1. The number of anilines is 1. The first-order chi connectivity index (χ1) is 17.8. The van der Waals surface area contributed by atoms with E-state index in [1.807, 2.05) is 18.2 Å². The summed E-state index contributed by atoms with van der Waals surface area (Å²) >= 11 is 1.33. The molecule has 0 amide bonds. The molecule has 0 bridgehead atoms. The predicted molar refractivity (Wildman–Crippen MR) is 138 cm³/mol. The third kappa shape index (κ3) is 4.87. The van der Waals surface area contributed by atoms with Gasteiger partial charge in [-0.25, -0.2) is 0 Å². The van der Waals surface area contributed by atoms with Crippen LogP contribution in [0, 0.1) is 0 Å². The van der Waals surface area contributed by atoms with Gasteiger partial charge in [0.15, 0.2) is 5.13 Å². The molecule has 0 unspecified atom stereocenters. The minimum atomic E-state index is -4.48. The highest BCUT2D eigenvalue weighted by Gasteiger charge is 2.36. The molecule has 0 spiro atoms. The Balaban J connectivity index is 1.47. The molecule has 37 heavy (non-hydrogen) atoms. The van der Waals surface area contributed by atoms with Crippen molar-refractivity contribution in [2.24, 2.45) is 10.2 Å². The summed E-state index contributed by atoms with van der Waals surface area (Å²) in [5.41, 5.74) is 1.70. The van der Waals surface area contributed by atoms with E-state index in [1.165, 1.54) is 17.4 Å². The maximum absolute atomic E-state index is 14.2. The lowest BCUT2D eigenvalue weighted by atomic mass is 9.94. The van der Waals surface area contributed by atoms with Crippen LogP contribution in [-0.2, 0) is 12.6 Å². The van der Waals surface area contributed by atoms with Crippen LogP contribution in [0.5, 0.6) is 5.88 Å². The molecule has 1 saturated heterocycles. The van der Waals surface area contributed by atoms with E-state index >= 15 is 0 Å². The van der Waals surface area contributed by atoms with Crippen molar-refractivity contribution in [3.8, 4) is 5.88 Å². The van der Waals surface area contributed by atoms with Gasteiger partial charge in [0, 0.05) is 38.2 Å². The number of hydrogen-bond acceptors (Lipinski definition) is 7. The summed E-state index contributed by atoms with van der Waals surface area (Å²) in [7, 11) is 2.06. The van der Waals surface area contributed by atoms with Crippen LogP contribution in [-0.4, -0.2) is 54.4 Å². The van der Waals surface area contributed by atoms with Crippen molar-refractivity contribution in [2.75, 3.05) is 38.1 Å². The number of rotatable bonds is 5. The average Bonchev–Trinajstić information content (AvgIpc) is 3.49. The molecule has 192 valence electrons. The fraction of sp³-hybridized carbons (Fsp3) is 0.370. The molecule has 2 aromatic carbocycles. The highest BCUT2D eigenvalue weighted by Crippen LogP contribution is 2.44. The zero-order chi connectivity index (χ0) is 25.7. The van der Waals surface area contributed by atoms with Crippen molar-refractivity contribution in [2.45, 2.75) is 31.4 Å². The van der Waals surface area contributed by atoms with Gasteiger partial charge >= 0.3 is 6.18 Å². The van der Waals surface area contributed by atoms with Crippen LogP contribution < -0.4 is 15.5 Å². The number of hydrogen-bond donors (Lipinski definition) is 1. The topological polar surface area (TPSA) is 64.3 Å². The monoisotopic (exact) mass is 525 g/mol. The molecule has 1 aliphatic carbocycles. The summed E-state index contributed by atoms with van der Waals surface area (Å²) in [4.78, 5) is 9.26. The van der Waals surface area contributed by atoms with Gasteiger partial charge in [-0.1, -0.05) is 29.5 Å². The van der Waals surface area contributed by atoms with Crippen molar-refractivity contribution in [1.29, 1.82) is 0 Å². The minimum Gasteiger partial charge on any atom is -0.492 e. The van der Waals surface area contributed by atoms with E-state index < -0.39 is 11.7 Å². The standard InChI is InChI=1S/C27H26F3N5OS/c1-34-8-10-35(11-9-34)26-32-25(36)24(37-26)21(18-6-7-23-20(12-18)15-31-33-23)13-19-5-4-17(16-2-3-16)14-22(19)27(28,29)30/h4-7,12,14-16,36H,2-3,8-11,13H2,1H3. The number of benzene rings is 2. The molecule has 3 aliphatic rings. The lowest BCUT2D eigenvalue weighted by Gasteiger charge is -2.31. The summed E-state index contributed by atoms with van der Waals surface area (Å²) < 4.78 is 42.6. The van der Waals surface area contributed by atoms with Crippen LogP contribution >= 0.6 is 11.3 Å². The largest absolute Gasteiger partial charge is 0.492 e. The maximum atomic E-state index is 14.2. The van der Waals surface area contributed by atoms with Crippen molar-refractivity contribution in [3.63, 3.8) is 0 Å². The normalized spacial score (nSPS) is 18.6. The van der Waals surface area contributed by atoms with Crippen LogP contribution in [0.3, 0.4) is 0 Å². The second kappa shape index (κ2) is 9.25. The third-order valence-corrected chi connectivity index (χ3v) is 8.40. The van der Waals surface area contributed by atoms with Crippen LogP contribution in [0.1, 0.15) is 45.9 Å². The van der Waals surface area contributed by atoms with Crippen molar-refractivity contribution < 1.29 is 18.3 Å². The molecule has 1 aromatic heterocycles. The molecule has 0 atom stereocenters. The van der Waals surface area contributed by atoms with Crippen molar-refractivity contribution >= 4 is 28.3 Å². The Morgan fingerprint density at radius 3 is 2.59 bits per heavy atom. The Hall–Kier alpha value is -3.24. The number of halogens is 3. The summed E-state index contributed by atoms with van der Waals surface area (Å²) in [5, 5.41) is 21.1. The maximum Gasteiger partial charge on any atom is 0.416 e. The van der Waals surface area contributed by atoms with Gasteiger partial charge in [0.1, 0.15) is 0 Å². The quantitative estimate of drug-likeness (QED) is 0.549. The first-order valence-corrected chi connectivity index (χ1v) is 13.2. The van der Waals surface area contributed by atoms with Crippen molar-refractivity contribution in [1.82, 2.24) is 9.88 Å². The molecule has 2 fully saturated rings. The fourth-order valence-corrected chi connectivity index (χ4v) is 5.98. The summed E-state index contributed by atoms with van der Waals surface area (Å²) in [6.07, 6.45) is -0.982. The highest BCUT2D eigenvalue weighted by atomic mass is 32.1. The molecular weight excluding hydrogens is 499 g/mol. The second-order valence-corrected chi connectivity index (χ2v) is 10.9. The Labute approximate surface area is 216 Å². The van der Waals surface area contributed by atoms with Gasteiger partial charge in [-0.15, -0.1) is 0 Å². The first-order valence-electron chi connectivity index (χ1n) is 12.3. The Kier molecular flexibility index (Phi) is 6.03. The number of likely N-dealkylation sites (N-methyl/N-ethyl adjacent to an activating group) is 1. The molecule has 1 N–H and O–H groups in total. The average molecular weight is 526 g/mol. The number of fused-ring (bicyclic) bond motifs is 1. The molecular formula is C27H26F3N5OS. The highest BCUT2D eigenvalue weighted by molar-refractivity contribution is 7.17. The molecule has 0 radical (unpaired) electrons. The van der Waals surface area contributed by atoms with Crippen molar-refractivity contribution in [3.05, 3.63) is 74.1 Å². The molecule has 1 saturated carbocycles. The van der Waals surface area contributed by atoms with Gasteiger partial charge in [-0.2, -0.15) is 28.4 Å². The number of alkyl halides is 3. The summed E-state index contributed by atoms with van der Waals surface area (Å²) in [6, 6.07) is 10.2. The number of aromatic hydroxyl groups is 1. The first kappa shape index (κ1) is 24.1. The van der Waals surface area contributed by atoms with E-state index in [-0.39, 0.29) is 23.8 Å². The van der Waals surface area contributed by atoms with E-state index in [1.54, 1.807) is 18.3 Å². The number of thiazole rings is 1. The van der Waals surface area contributed by atoms with Crippen LogP contribution in [0.15, 0.2) is 46.6 Å². The number of nitrogens with zero attached hydrogens (tertiary/aromatic N) is 5. The Morgan fingerprint density at radius 1 is 1.08 bits per heavy atom. The van der Waals surface area contributed by atoms with E-state index in [9.17, 15) is 18.3 Å². The van der Waals surface area contributed by atoms with E-state index in [2.05, 4.69) is 32.0 Å². The van der Waals surface area contributed by atoms with E-state index in [0.29, 0.717) is 26.2 Å². The lowest BCUT2D eigenvalue weighted by Crippen LogP contribution is -2.44. The van der Waals surface area contributed by atoms with E-state index in [0.717, 1.165) is 50.1 Å². The lowest BCUT2D eigenvalue weighted by molar-refractivity contribution is -0.138. The molecule has 3 heterocycles. The van der Waals surface area contributed by atoms with Gasteiger partial charge in [-0.3, -0.25) is 0 Å². The smallest absolute Gasteiger partial charge is 0.416 e. The predicted octanol–water partition coefficient (Wildman–Crippen LogP) is 3.91. The summed E-state index contributed by atoms with van der Waals surface area (Å²) in [5.74, 6) is 0.0611. The van der Waals surface area contributed by atoms with Crippen LogP contribution in [0.25, 0.3) is 5.57 Å². The molecule has 3 aromatic rings. The number of piperazine rings is 1. The third-order valence-electron chi connectivity index (χ3n) is 7.24. The van der Waals surface area contributed by atoms with Gasteiger partial charge in [0.2, 0.25) is 5.88 Å². The molecule has 6 rings (SSSR count). The summed E-state index contributed by atoms with van der Waals surface area (Å²) in [6.45, 7) is 3.30. The van der Waals surface area contributed by atoms with Gasteiger partial charge in [0.05, 0.1) is 22.0 Å². The van der Waals surface area contributed by atoms with Gasteiger partial charge < -0.3 is 14.9 Å². The second-order valence-electron chi connectivity index (χ2n) is 9.90. The molecule has 10 heteroatoms. The molecule has 2 aliphatic heterocycles. The fourth-order valence-electron chi connectivity index (χ4n) is 4.91. The zero-order valence-corrected chi connectivity index (χ0v) is 21.1. The minimum absolute atomic E-state index is 0.00476. The van der Waals surface area contributed by atoms with Crippen LogP contribution in [0.2, 0.25) is 0 Å². The zero-order valence-electron chi connectivity index (χ0n) is 20.3. The van der Waals surface area contributed by atoms with Crippen LogP contribution in [0.4, 0.5) is 18.3 Å².